The predicted octanol–water partition coefficient (Wildman–Crippen LogP) is 12.7. The van der Waals surface area contributed by atoms with Crippen LogP contribution in [0.3, 0.4) is 0 Å². The molecule has 246 valence electrons. The van der Waals surface area contributed by atoms with Gasteiger partial charge in [-0.2, -0.15) is 0 Å². The van der Waals surface area contributed by atoms with E-state index >= 15 is 0 Å². The molecule has 0 aliphatic heterocycles. The van der Waals surface area contributed by atoms with Crippen LogP contribution < -0.4 is 0 Å². The van der Waals surface area contributed by atoms with E-state index in [4.69, 9.17) is 0 Å². The summed E-state index contributed by atoms with van der Waals surface area (Å²) in [5.74, 6) is -4.62. The van der Waals surface area contributed by atoms with E-state index in [1.54, 1.807) is 93.6 Å². The van der Waals surface area contributed by atoms with E-state index in [0.717, 1.165) is 16.7 Å². The second-order valence-electron chi connectivity index (χ2n) is 11.8. The lowest BCUT2D eigenvalue weighted by Crippen LogP contribution is -1.92. The first-order valence-corrected chi connectivity index (χ1v) is 15.3. The van der Waals surface area contributed by atoms with Gasteiger partial charge in [-0.15, -0.1) is 0 Å². The first kappa shape index (κ1) is 35.7. The van der Waals surface area contributed by atoms with Gasteiger partial charge in [-0.05, 0) is 74.9 Å². The van der Waals surface area contributed by atoms with Crippen LogP contribution in [0.2, 0.25) is 0 Å². The predicted molar refractivity (Wildman–Crippen MR) is 184 cm³/mol. The highest BCUT2D eigenvalue weighted by atomic mass is 19.2. The van der Waals surface area contributed by atoms with Crippen LogP contribution in [0.1, 0.15) is 33.4 Å². The molecule has 0 nitrogen and oxygen atoms in total. The number of benzene rings is 6. The van der Waals surface area contributed by atoms with Gasteiger partial charge < -0.3 is 0 Å². The fourth-order valence-corrected chi connectivity index (χ4v) is 4.81. The fraction of sp³-hybridized carbons (Fsp3) is 0.143. The standard InChI is InChI=1S/3C14H12F2/c3*1-9-3-6-11(7-4-9)12-8-5-10(2)13(15)14(12)16/h3*3-8H,1-2H3. The lowest BCUT2D eigenvalue weighted by atomic mass is 10.0. The SMILES string of the molecule is Cc1ccc(-c2ccc(C)c(F)c2F)cc1.Cc1ccc(-c2ccc(C)c(F)c2F)cc1.Cc1ccc(-c2ccc(C)c(F)c2F)cc1. The van der Waals surface area contributed by atoms with Gasteiger partial charge in [-0.3, -0.25) is 0 Å². The van der Waals surface area contributed by atoms with Gasteiger partial charge in [0, 0.05) is 16.7 Å². The van der Waals surface area contributed by atoms with Gasteiger partial charge in [0.05, 0.1) is 0 Å². The molecule has 0 bridgehead atoms. The van der Waals surface area contributed by atoms with Crippen LogP contribution in [0, 0.1) is 76.4 Å². The van der Waals surface area contributed by atoms with Crippen LogP contribution >= 0.6 is 0 Å². The summed E-state index contributed by atoms with van der Waals surface area (Å²) in [7, 11) is 0. The maximum absolute atomic E-state index is 13.7. The summed E-state index contributed by atoms with van der Waals surface area (Å²) in [5.41, 5.74) is 7.28. The average molecular weight is 655 g/mol. The molecule has 0 heterocycles. The van der Waals surface area contributed by atoms with E-state index in [-0.39, 0.29) is 0 Å². The first-order chi connectivity index (χ1) is 22.8. The molecule has 0 N–H and O–H groups in total. The molecule has 0 unspecified atom stereocenters. The van der Waals surface area contributed by atoms with Crippen LogP contribution in [0.15, 0.2) is 109 Å². The second-order valence-corrected chi connectivity index (χ2v) is 11.8. The minimum absolute atomic E-state index is 0.308. The summed E-state index contributed by atoms with van der Waals surface area (Å²) in [6, 6.07) is 31.7. The Balaban J connectivity index is 0.000000163. The number of rotatable bonds is 3. The Morgan fingerprint density at radius 1 is 0.250 bits per heavy atom. The molecular formula is C42H36F6. The number of hydrogen-bond acceptors (Lipinski definition) is 0. The van der Waals surface area contributed by atoms with E-state index in [1.807, 2.05) is 57.2 Å². The highest BCUT2D eigenvalue weighted by molar-refractivity contribution is 5.66. The van der Waals surface area contributed by atoms with Gasteiger partial charge in [-0.25, -0.2) is 26.3 Å². The Morgan fingerprint density at radius 2 is 0.458 bits per heavy atom. The van der Waals surface area contributed by atoms with Crippen molar-refractivity contribution in [2.24, 2.45) is 0 Å². The molecule has 0 aliphatic carbocycles. The molecule has 0 aromatic heterocycles. The van der Waals surface area contributed by atoms with Crippen molar-refractivity contribution in [3.63, 3.8) is 0 Å². The molecule has 0 saturated heterocycles. The molecule has 0 saturated carbocycles. The van der Waals surface area contributed by atoms with Crippen molar-refractivity contribution >= 4 is 0 Å². The summed E-state index contributed by atoms with van der Waals surface area (Å²) in [5, 5.41) is 0. The average Bonchev–Trinajstić information content (AvgIpc) is 3.08. The topological polar surface area (TPSA) is 0 Å². The normalized spacial score (nSPS) is 10.5. The molecule has 6 heteroatoms. The Labute approximate surface area is 278 Å². The molecule has 48 heavy (non-hydrogen) atoms. The molecule has 0 fully saturated rings. The van der Waals surface area contributed by atoms with Gasteiger partial charge in [0.25, 0.3) is 0 Å². The van der Waals surface area contributed by atoms with Crippen LogP contribution in [-0.2, 0) is 0 Å². The zero-order valence-electron chi connectivity index (χ0n) is 27.7. The van der Waals surface area contributed by atoms with Crippen LogP contribution in [0.25, 0.3) is 33.4 Å². The first-order valence-electron chi connectivity index (χ1n) is 15.3. The largest absolute Gasteiger partial charge is 0.203 e. The molecule has 0 aliphatic rings. The van der Waals surface area contributed by atoms with Crippen molar-refractivity contribution in [3.8, 4) is 33.4 Å². The fourth-order valence-electron chi connectivity index (χ4n) is 4.81. The van der Waals surface area contributed by atoms with Crippen molar-refractivity contribution in [1.29, 1.82) is 0 Å². The maximum Gasteiger partial charge on any atom is 0.166 e. The van der Waals surface area contributed by atoms with E-state index in [0.29, 0.717) is 50.1 Å². The summed E-state index contributed by atoms with van der Waals surface area (Å²) >= 11 is 0. The minimum Gasteiger partial charge on any atom is -0.203 e. The van der Waals surface area contributed by atoms with E-state index in [9.17, 15) is 26.3 Å². The summed E-state index contributed by atoms with van der Waals surface area (Å²) in [4.78, 5) is 0. The van der Waals surface area contributed by atoms with Crippen LogP contribution in [0.5, 0.6) is 0 Å². The maximum atomic E-state index is 13.7. The highest BCUT2D eigenvalue weighted by Crippen LogP contribution is 2.28. The lowest BCUT2D eigenvalue weighted by molar-refractivity contribution is 0.505. The van der Waals surface area contributed by atoms with Crippen molar-refractivity contribution in [2.75, 3.05) is 0 Å². The van der Waals surface area contributed by atoms with E-state index in [1.165, 1.54) is 0 Å². The van der Waals surface area contributed by atoms with Crippen LogP contribution in [0.4, 0.5) is 26.3 Å². The molecule has 0 radical (unpaired) electrons. The molecule has 0 atom stereocenters. The molecular weight excluding hydrogens is 618 g/mol. The zero-order chi connectivity index (χ0) is 35.1. The van der Waals surface area contributed by atoms with Gasteiger partial charge in [0.15, 0.2) is 34.9 Å². The Hall–Kier alpha value is -5.10. The number of hydrogen-bond donors (Lipinski definition) is 0. The second kappa shape index (κ2) is 15.7. The van der Waals surface area contributed by atoms with Gasteiger partial charge in [0.2, 0.25) is 0 Å². The highest BCUT2D eigenvalue weighted by Gasteiger charge is 2.14. The number of halogens is 6. The molecule has 0 spiro atoms. The Kier molecular flexibility index (Phi) is 11.7. The van der Waals surface area contributed by atoms with Crippen molar-refractivity contribution in [2.45, 2.75) is 41.5 Å². The van der Waals surface area contributed by atoms with Gasteiger partial charge in [-0.1, -0.05) is 126 Å². The van der Waals surface area contributed by atoms with Crippen molar-refractivity contribution in [3.05, 3.63) is 177 Å². The summed E-state index contributed by atoms with van der Waals surface area (Å²) < 4.78 is 81.2. The number of aryl methyl sites for hydroxylation is 6. The molecule has 6 rings (SSSR count). The minimum atomic E-state index is -0.774. The quantitative estimate of drug-likeness (QED) is 0.167. The van der Waals surface area contributed by atoms with E-state index < -0.39 is 34.9 Å². The van der Waals surface area contributed by atoms with Gasteiger partial charge >= 0.3 is 0 Å². The van der Waals surface area contributed by atoms with Gasteiger partial charge in [0.1, 0.15) is 0 Å². The lowest BCUT2D eigenvalue weighted by Gasteiger charge is -2.06. The van der Waals surface area contributed by atoms with Crippen LogP contribution in [-0.4, -0.2) is 0 Å². The Morgan fingerprint density at radius 3 is 0.667 bits per heavy atom. The zero-order valence-corrected chi connectivity index (χ0v) is 27.7. The van der Waals surface area contributed by atoms with Crippen molar-refractivity contribution in [1.82, 2.24) is 0 Å². The van der Waals surface area contributed by atoms with E-state index in [2.05, 4.69) is 0 Å². The third-order valence-electron chi connectivity index (χ3n) is 7.91. The summed E-state index contributed by atoms with van der Waals surface area (Å²) in [6.45, 7) is 10.5. The monoisotopic (exact) mass is 654 g/mol. The van der Waals surface area contributed by atoms with Crippen molar-refractivity contribution < 1.29 is 26.3 Å². The molecule has 6 aromatic carbocycles. The third-order valence-corrected chi connectivity index (χ3v) is 7.91. The third kappa shape index (κ3) is 8.43. The molecule has 6 aromatic rings. The summed E-state index contributed by atoms with van der Waals surface area (Å²) in [6.07, 6.45) is 0. The Bertz CT molecular complexity index is 1770. The molecule has 0 amide bonds. The smallest absolute Gasteiger partial charge is 0.166 e.